The largest absolute Gasteiger partial charge is 0.376 e. The third-order valence-corrected chi connectivity index (χ3v) is 4.84. The number of nitrogens with one attached hydrogen (secondary N) is 2. The van der Waals surface area contributed by atoms with Crippen LogP contribution in [-0.2, 0) is 14.6 Å². The molecule has 0 radical (unpaired) electrons. The van der Waals surface area contributed by atoms with E-state index in [-0.39, 0.29) is 17.3 Å². The van der Waals surface area contributed by atoms with Gasteiger partial charge in [-0.15, -0.1) is 0 Å². The Bertz CT molecular complexity index is 818. The van der Waals surface area contributed by atoms with Crippen molar-refractivity contribution in [1.82, 2.24) is 0 Å². The number of sulfone groups is 1. The summed E-state index contributed by atoms with van der Waals surface area (Å²) in [6.45, 7) is 1.89. The lowest BCUT2D eigenvalue weighted by Gasteiger charge is -2.11. The third kappa shape index (κ3) is 5.07. The summed E-state index contributed by atoms with van der Waals surface area (Å²) in [5.74, 6) is -0.212. The summed E-state index contributed by atoms with van der Waals surface area (Å²) in [5, 5.41) is 5.73. The maximum atomic E-state index is 12.0. The lowest BCUT2D eigenvalue weighted by atomic mass is 10.2. The van der Waals surface area contributed by atoms with Crippen molar-refractivity contribution in [2.75, 3.05) is 23.4 Å². The van der Waals surface area contributed by atoms with E-state index in [1.165, 1.54) is 6.07 Å². The molecule has 0 aliphatic heterocycles. The Morgan fingerprint density at radius 3 is 2.39 bits per heavy atom. The Hall–Kier alpha value is -1.86. The van der Waals surface area contributed by atoms with Gasteiger partial charge < -0.3 is 10.6 Å². The van der Waals surface area contributed by atoms with Crippen LogP contribution in [0, 0.1) is 6.92 Å². The fourth-order valence-electron chi connectivity index (χ4n) is 1.94. The van der Waals surface area contributed by atoms with Crippen molar-refractivity contribution in [3.8, 4) is 0 Å². The number of hydrogen-bond donors (Lipinski definition) is 2. The van der Waals surface area contributed by atoms with Crippen molar-refractivity contribution in [2.24, 2.45) is 0 Å². The number of carbonyl (C=O) groups excluding carboxylic acids is 1. The second-order valence-corrected chi connectivity index (χ2v) is 8.09. The first-order valence-corrected chi connectivity index (χ1v) is 9.54. The monoisotopic (exact) mass is 396 g/mol. The van der Waals surface area contributed by atoms with Crippen molar-refractivity contribution < 1.29 is 13.2 Å². The fourth-order valence-corrected chi connectivity index (χ4v) is 2.85. The summed E-state index contributed by atoms with van der Waals surface area (Å²) in [7, 11) is -3.28. The SMILES string of the molecule is Cc1ccc(S(C)(=O)=O)cc1NCC(=O)Nc1ccc(Br)cc1. The van der Waals surface area contributed by atoms with E-state index in [4.69, 9.17) is 0 Å². The number of carbonyl (C=O) groups is 1. The minimum Gasteiger partial charge on any atom is -0.376 e. The summed E-state index contributed by atoms with van der Waals surface area (Å²) < 4.78 is 24.1. The molecule has 0 unspecified atom stereocenters. The normalized spacial score (nSPS) is 11.1. The molecule has 0 spiro atoms. The highest BCUT2D eigenvalue weighted by Crippen LogP contribution is 2.20. The standard InChI is InChI=1S/C16H17BrN2O3S/c1-11-3-8-14(23(2,21)22)9-15(11)18-10-16(20)19-13-6-4-12(17)5-7-13/h3-9,18H,10H2,1-2H3,(H,19,20). The molecule has 2 aromatic rings. The number of benzene rings is 2. The van der Waals surface area contributed by atoms with Crippen molar-refractivity contribution >= 4 is 43.0 Å². The minimum absolute atomic E-state index is 0.0458. The summed E-state index contributed by atoms with van der Waals surface area (Å²) in [6, 6.07) is 12.1. The van der Waals surface area contributed by atoms with Gasteiger partial charge in [-0.05, 0) is 48.9 Å². The lowest BCUT2D eigenvalue weighted by Crippen LogP contribution is -2.22. The zero-order chi connectivity index (χ0) is 17.0. The van der Waals surface area contributed by atoms with Crippen LogP contribution in [0.2, 0.25) is 0 Å². The molecule has 0 fully saturated rings. The van der Waals surface area contributed by atoms with Gasteiger partial charge in [-0.1, -0.05) is 22.0 Å². The molecule has 2 aromatic carbocycles. The van der Waals surface area contributed by atoms with Crippen LogP contribution in [0.25, 0.3) is 0 Å². The van der Waals surface area contributed by atoms with Crippen LogP contribution in [0.5, 0.6) is 0 Å². The first kappa shape index (κ1) is 17.5. The molecule has 5 nitrogen and oxygen atoms in total. The van der Waals surface area contributed by atoms with Crippen LogP contribution in [-0.4, -0.2) is 27.1 Å². The zero-order valence-corrected chi connectivity index (χ0v) is 15.2. The number of hydrogen-bond acceptors (Lipinski definition) is 4. The third-order valence-electron chi connectivity index (χ3n) is 3.20. The summed E-state index contributed by atoms with van der Waals surface area (Å²) in [5.41, 5.74) is 2.19. The van der Waals surface area contributed by atoms with Crippen LogP contribution >= 0.6 is 15.9 Å². The number of rotatable bonds is 5. The average molecular weight is 397 g/mol. The average Bonchev–Trinajstić information content (AvgIpc) is 2.47. The van der Waals surface area contributed by atoms with E-state index in [0.29, 0.717) is 11.4 Å². The molecule has 0 aliphatic rings. The second-order valence-electron chi connectivity index (χ2n) is 5.16. The Balaban J connectivity index is 2.02. The van der Waals surface area contributed by atoms with Crippen LogP contribution in [0.15, 0.2) is 51.8 Å². The van der Waals surface area contributed by atoms with Gasteiger partial charge in [0.05, 0.1) is 11.4 Å². The van der Waals surface area contributed by atoms with Crippen molar-refractivity contribution in [2.45, 2.75) is 11.8 Å². The van der Waals surface area contributed by atoms with Gasteiger partial charge in [0.2, 0.25) is 5.91 Å². The Labute approximate surface area is 144 Å². The van der Waals surface area contributed by atoms with E-state index in [1.807, 2.05) is 19.1 Å². The van der Waals surface area contributed by atoms with Crippen LogP contribution < -0.4 is 10.6 Å². The Morgan fingerprint density at radius 2 is 1.78 bits per heavy atom. The molecule has 0 atom stereocenters. The van der Waals surface area contributed by atoms with Crippen molar-refractivity contribution in [3.05, 3.63) is 52.5 Å². The van der Waals surface area contributed by atoms with Gasteiger partial charge in [-0.2, -0.15) is 0 Å². The molecule has 2 N–H and O–H groups in total. The van der Waals surface area contributed by atoms with Gasteiger partial charge in [0.1, 0.15) is 0 Å². The molecule has 2 rings (SSSR count). The van der Waals surface area contributed by atoms with Gasteiger partial charge in [0.25, 0.3) is 0 Å². The number of aryl methyl sites for hydroxylation is 1. The molecule has 0 aliphatic carbocycles. The molecule has 7 heteroatoms. The van der Waals surface area contributed by atoms with Gasteiger partial charge in [0.15, 0.2) is 9.84 Å². The zero-order valence-electron chi connectivity index (χ0n) is 12.8. The molecule has 0 aromatic heterocycles. The lowest BCUT2D eigenvalue weighted by molar-refractivity contribution is -0.114. The smallest absolute Gasteiger partial charge is 0.243 e. The molecular weight excluding hydrogens is 380 g/mol. The van der Waals surface area contributed by atoms with Crippen LogP contribution in [0.4, 0.5) is 11.4 Å². The predicted molar refractivity (Wildman–Crippen MR) is 95.6 cm³/mol. The predicted octanol–water partition coefficient (Wildman–Crippen LogP) is 3.21. The topological polar surface area (TPSA) is 75.3 Å². The summed E-state index contributed by atoms with van der Waals surface area (Å²) in [4.78, 5) is 12.2. The molecule has 1 amide bonds. The van der Waals surface area contributed by atoms with Gasteiger partial charge in [0, 0.05) is 22.1 Å². The van der Waals surface area contributed by atoms with Crippen LogP contribution in [0.3, 0.4) is 0 Å². The molecule has 0 saturated carbocycles. The molecule has 0 saturated heterocycles. The second kappa shape index (κ2) is 7.14. The maximum absolute atomic E-state index is 12.0. The number of halogens is 1. The summed E-state index contributed by atoms with van der Waals surface area (Å²) in [6.07, 6.45) is 1.15. The highest BCUT2D eigenvalue weighted by Gasteiger charge is 2.10. The van der Waals surface area contributed by atoms with E-state index in [2.05, 4.69) is 26.6 Å². The van der Waals surface area contributed by atoms with Gasteiger partial charge in [-0.3, -0.25) is 4.79 Å². The van der Waals surface area contributed by atoms with E-state index in [9.17, 15) is 13.2 Å². The molecule has 23 heavy (non-hydrogen) atoms. The van der Waals surface area contributed by atoms with E-state index in [0.717, 1.165) is 16.3 Å². The highest BCUT2D eigenvalue weighted by atomic mass is 79.9. The number of amides is 1. The van der Waals surface area contributed by atoms with E-state index >= 15 is 0 Å². The first-order chi connectivity index (χ1) is 10.8. The van der Waals surface area contributed by atoms with Crippen LogP contribution in [0.1, 0.15) is 5.56 Å². The molecule has 0 bridgehead atoms. The van der Waals surface area contributed by atoms with Gasteiger partial charge >= 0.3 is 0 Å². The minimum atomic E-state index is -3.28. The first-order valence-electron chi connectivity index (χ1n) is 6.86. The van der Waals surface area contributed by atoms with E-state index in [1.54, 1.807) is 24.3 Å². The highest BCUT2D eigenvalue weighted by molar-refractivity contribution is 9.10. The van der Waals surface area contributed by atoms with Crippen molar-refractivity contribution in [1.29, 1.82) is 0 Å². The van der Waals surface area contributed by atoms with Crippen molar-refractivity contribution in [3.63, 3.8) is 0 Å². The van der Waals surface area contributed by atoms with E-state index < -0.39 is 9.84 Å². The summed E-state index contributed by atoms with van der Waals surface area (Å²) >= 11 is 3.33. The molecule has 0 heterocycles. The maximum Gasteiger partial charge on any atom is 0.243 e. The Morgan fingerprint density at radius 1 is 1.13 bits per heavy atom. The fraction of sp³-hybridized carbons (Fsp3) is 0.188. The molecule has 122 valence electrons. The quantitative estimate of drug-likeness (QED) is 0.813. The Kier molecular flexibility index (Phi) is 5.43. The van der Waals surface area contributed by atoms with Gasteiger partial charge in [-0.25, -0.2) is 8.42 Å². The number of anilines is 2. The molecular formula is C16H17BrN2O3S.